The molecule has 86 valence electrons. The van der Waals surface area contributed by atoms with Crippen LogP contribution in [0.15, 0.2) is 12.4 Å². The van der Waals surface area contributed by atoms with Crippen molar-refractivity contribution in [1.82, 2.24) is 4.98 Å². The van der Waals surface area contributed by atoms with E-state index in [1.165, 1.54) is 31.5 Å². The Morgan fingerprint density at radius 3 is 2.93 bits per heavy atom. The highest BCUT2D eigenvalue weighted by Gasteiger charge is 2.08. The molecule has 1 heterocycles. The van der Waals surface area contributed by atoms with Crippen molar-refractivity contribution in [2.45, 2.75) is 45.6 Å². The van der Waals surface area contributed by atoms with Gasteiger partial charge in [0.1, 0.15) is 12.4 Å². The summed E-state index contributed by atoms with van der Waals surface area (Å²) in [5, 5.41) is 0. The van der Waals surface area contributed by atoms with Crippen molar-refractivity contribution in [1.29, 1.82) is 0 Å². The van der Waals surface area contributed by atoms with E-state index < -0.39 is 0 Å². The van der Waals surface area contributed by atoms with Gasteiger partial charge in [0.15, 0.2) is 0 Å². The van der Waals surface area contributed by atoms with Crippen molar-refractivity contribution in [2.24, 2.45) is 0 Å². The summed E-state index contributed by atoms with van der Waals surface area (Å²) in [4.78, 5) is 3.26. The molecular formula is C12H23N2O+. The third-order valence-corrected chi connectivity index (χ3v) is 2.65. The molecule has 0 saturated heterocycles. The van der Waals surface area contributed by atoms with E-state index in [0.717, 1.165) is 19.6 Å². The van der Waals surface area contributed by atoms with Crippen molar-refractivity contribution in [3.8, 4) is 0 Å². The smallest absolute Gasteiger partial charge is 0.256 e. The van der Waals surface area contributed by atoms with Gasteiger partial charge in [-0.1, -0.05) is 19.8 Å². The molecule has 0 aliphatic rings. The lowest BCUT2D eigenvalue weighted by atomic mass is 10.2. The summed E-state index contributed by atoms with van der Waals surface area (Å²) in [6.07, 6.45) is 10.3. The molecule has 3 heteroatoms. The molecular weight excluding hydrogens is 188 g/mol. The van der Waals surface area contributed by atoms with Crippen LogP contribution in [0, 0.1) is 0 Å². The largest absolute Gasteiger partial charge is 0.384 e. The zero-order valence-electron chi connectivity index (χ0n) is 9.96. The standard InChI is InChI=1S/C12H22N2O/c1-3-4-5-6-9-14-10-8-13-12(14)7-11-15-2/h8,10H,3-7,9,11H2,1-2H3/p+1. The van der Waals surface area contributed by atoms with Gasteiger partial charge in [-0.15, -0.1) is 0 Å². The van der Waals surface area contributed by atoms with E-state index in [1.54, 1.807) is 7.11 Å². The van der Waals surface area contributed by atoms with Gasteiger partial charge in [0, 0.05) is 7.11 Å². The highest BCUT2D eigenvalue weighted by atomic mass is 16.5. The van der Waals surface area contributed by atoms with Crippen LogP contribution in [0.2, 0.25) is 0 Å². The summed E-state index contributed by atoms with van der Waals surface area (Å²) in [7, 11) is 1.74. The first-order chi connectivity index (χ1) is 7.38. The van der Waals surface area contributed by atoms with Gasteiger partial charge in [0.05, 0.1) is 19.6 Å². The molecule has 0 atom stereocenters. The number of methoxy groups -OCH3 is 1. The average Bonchev–Trinajstić information content (AvgIpc) is 2.69. The molecule has 1 aromatic rings. The van der Waals surface area contributed by atoms with Crippen molar-refractivity contribution in [3.05, 3.63) is 18.2 Å². The summed E-state index contributed by atoms with van der Waals surface area (Å²) < 4.78 is 7.38. The third-order valence-electron chi connectivity index (χ3n) is 2.65. The van der Waals surface area contributed by atoms with Crippen LogP contribution >= 0.6 is 0 Å². The topological polar surface area (TPSA) is 28.9 Å². The van der Waals surface area contributed by atoms with Gasteiger partial charge in [-0.25, -0.2) is 9.55 Å². The first-order valence-electron chi connectivity index (χ1n) is 5.93. The number of hydrogen-bond donors (Lipinski definition) is 1. The Hall–Kier alpha value is -0.830. The molecule has 1 aromatic heterocycles. The Morgan fingerprint density at radius 2 is 2.20 bits per heavy atom. The molecule has 0 unspecified atom stereocenters. The van der Waals surface area contributed by atoms with Gasteiger partial charge in [-0.05, 0) is 12.8 Å². The van der Waals surface area contributed by atoms with Crippen LogP contribution in [0.3, 0.4) is 0 Å². The summed E-state index contributed by atoms with van der Waals surface area (Å²) in [6.45, 7) is 4.16. The molecule has 15 heavy (non-hydrogen) atoms. The number of ether oxygens (including phenoxy) is 1. The summed E-state index contributed by atoms with van der Waals surface area (Å²) in [5.74, 6) is 1.27. The number of rotatable bonds is 8. The maximum Gasteiger partial charge on any atom is 0.256 e. The molecule has 0 amide bonds. The zero-order chi connectivity index (χ0) is 10.9. The summed E-state index contributed by atoms with van der Waals surface area (Å²) >= 11 is 0. The SMILES string of the molecule is CCCCCC[n+]1cc[nH]c1CCOC. The normalized spacial score (nSPS) is 10.8. The Kier molecular flexibility index (Phi) is 6.09. The second-order valence-electron chi connectivity index (χ2n) is 3.90. The van der Waals surface area contributed by atoms with E-state index in [2.05, 4.69) is 22.7 Å². The lowest BCUT2D eigenvalue weighted by Crippen LogP contribution is -2.36. The molecule has 0 fully saturated rings. The number of aryl methyl sites for hydroxylation is 1. The number of hydrogen-bond acceptors (Lipinski definition) is 1. The number of aromatic nitrogens is 2. The van der Waals surface area contributed by atoms with Crippen molar-refractivity contribution in [3.63, 3.8) is 0 Å². The fraction of sp³-hybridized carbons (Fsp3) is 0.750. The number of aromatic amines is 1. The molecule has 0 saturated carbocycles. The van der Waals surface area contributed by atoms with E-state index >= 15 is 0 Å². The Morgan fingerprint density at radius 1 is 1.33 bits per heavy atom. The lowest BCUT2D eigenvalue weighted by Gasteiger charge is -2.00. The number of nitrogens with zero attached hydrogens (tertiary/aromatic N) is 1. The van der Waals surface area contributed by atoms with Crippen molar-refractivity contribution in [2.75, 3.05) is 13.7 Å². The predicted molar refractivity (Wildman–Crippen MR) is 60.7 cm³/mol. The number of imidazole rings is 1. The minimum atomic E-state index is 0.787. The minimum absolute atomic E-state index is 0.787. The van der Waals surface area contributed by atoms with E-state index in [1.807, 2.05) is 6.20 Å². The van der Waals surface area contributed by atoms with Gasteiger partial charge >= 0.3 is 0 Å². The number of nitrogens with one attached hydrogen (secondary N) is 1. The average molecular weight is 211 g/mol. The molecule has 1 rings (SSSR count). The van der Waals surface area contributed by atoms with E-state index in [9.17, 15) is 0 Å². The fourth-order valence-electron chi connectivity index (χ4n) is 1.73. The number of unbranched alkanes of at least 4 members (excludes halogenated alkanes) is 3. The Labute approximate surface area is 92.5 Å². The van der Waals surface area contributed by atoms with Gasteiger partial charge in [-0.3, -0.25) is 0 Å². The first kappa shape index (κ1) is 12.2. The van der Waals surface area contributed by atoms with Crippen LogP contribution in [0.1, 0.15) is 38.4 Å². The Bertz CT molecular complexity index is 258. The van der Waals surface area contributed by atoms with Crippen LogP contribution in [0.25, 0.3) is 0 Å². The number of H-pyrrole nitrogens is 1. The van der Waals surface area contributed by atoms with E-state index in [-0.39, 0.29) is 0 Å². The highest BCUT2D eigenvalue weighted by Crippen LogP contribution is 1.99. The Balaban J connectivity index is 2.29. The molecule has 3 nitrogen and oxygen atoms in total. The van der Waals surface area contributed by atoms with Crippen LogP contribution in [-0.4, -0.2) is 18.7 Å². The van der Waals surface area contributed by atoms with Crippen LogP contribution in [0.5, 0.6) is 0 Å². The van der Waals surface area contributed by atoms with E-state index in [4.69, 9.17) is 4.74 Å². The summed E-state index contributed by atoms with van der Waals surface area (Å²) in [5.41, 5.74) is 0. The maximum absolute atomic E-state index is 5.08. The van der Waals surface area contributed by atoms with E-state index in [0.29, 0.717) is 0 Å². The van der Waals surface area contributed by atoms with Crippen molar-refractivity contribution < 1.29 is 9.30 Å². The molecule has 0 radical (unpaired) electrons. The zero-order valence-corrected chi connectivity index (χ0v) is 9.96. The lowest BCUT2D eigenvalue weighted by molar-refractivity contribution is -0.703. The highest BCUT2D eigenvalue weighted by molar-refractivity contribution is 4.77. The second-order valence-corrected chi connectivity index (χ2v) is 3.90. The molecule has 0 aromatic carbocycles. The molecule has 0 bridgehead atoms. The van der Waals surface area contributed by atoms with Crippen LogP contribution in [0.4, 0.5) is 0 Å². The van der Waals surface area contributed by atoms with Gasteiger partial charge in [0.25, 0.3) is 5.82 Å². The molecule has 0 aliphatic heterocycles. The molecule has 0 aliphatic carbocycles. The summed E-state index contributed by atoms with van der Waals surface area (Å²) in [6, 6.07) is 0. The predicted octanol–water partition coefficient (Wildman–Crippen LogP) is 2.07. The third kappa shape index (κ3) is 4.47. The monoisotopic (exact) mass is 211 g/mol. The second kappa shape index (κ2) is 7.46. The van der Waals surface area contributed by atoms with Crippen LogP contribution < -0.4 is 4.57 Å². The fourth-order valence-corrected chi connectivity index (χ4v) is 1.73. The quantitative estimate of drug-likeness (QED) is 0.517. The first-order valence-corrected chi connectivity index (χ1v) is 5.93. The maximum atomic E-state index is 5.08. The van der Waals surface area contributed by atoms with Gasteiger partial charge in [0.2, 0.25) is 0 Å². The molecule has 1 N–H and O–H groups in total. The van der Waals surface area contributed by atoms with Crippen molar-refractivity contribution >= 4 is 0 Å². The molecule has 0 spiro atoms. The van der Waals surface area contributed by atoms with Crippen LogP contribution in [-0.2, 0) is 17.7 Å². The minimum Gasteiger partial charge on any atom is -0.384 e. The van der Waals surface area contributed by atoms with Gasteiger partial charge in [-0.2, -0.15) is 0 Å². The van der Waals surface area contributed by atoms with Gasteiger partial charge < -0.3 is 4.74 Å².